The van der Waals surface area contributed by atoms with Crippen molar-refractivity contribution in [2.45, 2.75) is 52.5 Å². The van der Waals surface area contributed by atoms with Crippen molar-refractivity contribution in [3.8, 4) is 5.75 Å². The highest BCUT2D eigenvalue weighted by atomic mass is 16.5. The number of carbonyl (C=O) groups is 2. The number of allylic oxidation sites excluding steroid dienone is 2. The van der Waals surface area contributed by atoms with Crippen LogP contribution in [-0.4, -0.2) is 28.0 Å². The van der Waals surface area contributed by atoms with Crippen LogP contribution < -0.4 is 0 Å². The minimum atomic E-state index is -0.704. The van der Waals surface area contributed by atoms with E-state index in [1.807, 2.05) is 19.9 Å². The SMILES string of the molecule is Cc1cc(C(=O)COC(=O)c2ccccc2O)c(C)n1CCC1=CCCCC1. The van der Waals surface area contributed by atoms with E-state index < -0.39 is 5.97 Å². The number of hydrogen-bond acceptors (Lipinski definition) is 4. The molecule has 0 bridgehead atoms. The molecular formula is C23H27NO4. The molecule has 148 valence electrons. The molecule has 28 heavy (non-hydrogen) atoms. The van der Waals surface area contributed by atoms with Gasteiger partial charge in [-0.05, 0) is 64.2 Å². The molecule has 2 aromatic rings. The summed E-state index contributed by atoms with van der Waals surface area (Å²) >= 11 is 0. The van der Waals surface area contributed by atoms with Gasteiger partial charge in [-0.3, -0.25) is 4.79 Å². The smallest absolute Gasteiger partial charge is 0.342 e. The standard InChI is InChI=1S/C23H27NO4/c1-16-14-20(17(2)24(16)13-12-18-8-4-3-5-9-18)22(26)15-28-23(27)19-10-6-7-11-21(19)25/h6-8,10-11,14,25H,3-5,9,12-13,15H2,1-2H3. The summed E-state index contributed by atoms with van der Waals surface area (Å²) < 4.78 is 7.28. The van der Waals surface area contributed by atoms with E-state index in [2.05, 4.69) is 10.6 Å². The van der Waals surface area contributed by atoms with E-state index >= 15 is 0 Å². The van der Waals surface area contributed by atoms with E-state index in [1.54, 1.807) is 12.1 Å². The van der Waals surface area contributed by atoms with E-state index in [4.69, 9.17) is 4.74 Å². The van der Waals surface area contributed by atoms with E-state index in [0.29, 0.717) is 5.56 Å². The number of aromatic nitrogens is 1. The first kappa shape index (κ1) is 19.9. The molecule has 5 nitrogen and oxygen atoms in total. The van der Waals surface area contributed by atoms with Crippen LogP contribution in [0.3, 0.4) is 0 Å². The van der Waals surface area contributed by atoms with E-state index in [1.165, 1.54) is 43.4 Å². The molecule has 1 aromatic carbocycles. The second-order valence-corrected chi connectivity index (χ2v) is 7.31. The first-order valence-electron chi connectivity index (χ1n) is 9.80. The fourth-order valence-corrected chi connectivity index (χ4v) is 3.75. The Balaban J connectivity index is 1.63. The van der Waals surface area contributed by atoms with Gasteiger partial charge in [-0.15, -0.1) is 0 Å². The molecule has 1 heterocycles. The number of aromatic hydroxyl groups is 1. The van der Waals surface area contributed by atoms with Gasteiger partial charge in [0.25, 0.3) is 0 Å². The molecule has 1 N–H and O–H groups in total. The van der Waals surface area contributed by atoms with Gasteiger partial charge in [-0.1, -0.05) is 23.8 Å². The number of ether oxygens (including phenoxy) is 1. The van der Waals surface area contributed by atoms with Crippen molar-refractivity contribution in [3.63, 3.8) is 0 Å². The minimum absolute atomic E-state index is 0.0570. The quantitative estimate of drug-likeness (QED) is 0.427. The lowest BCUT2D eigenvalue weighted by Crippen LogP contribution is -2.15. The maximum Gasteiger partial charge on any atom is 0.342 e. The topological polar surface area (TPSA) is 68.5 Å². The van der Waals surface area contributed by atoms with Gasteiger partial charge >= 0.3 is 5.97 Å². The Morgan fingerprint density at radius 1 is 1.14 bits per heavy atom. The van der Waals surface area contributed by atoms with E-state index in [-0.39, 0.29) is 23.7 Å². The number of phenols is 1. The van der Waals surface area contributed by atoms with Gasteiger partial charge in [0, 0.05) is 23.5 Å². The fourth-order valence-electron chi connectivity index (χ4n) is 3.75. The van der Waals surface area contributed by atoms with Crippen molar-refractivity contribution in [1.82, 2.24) is 4.57 Å². The van der Waals surface area contributed by atoms with Gasteiger partial charge in [-0.25, -0.2) is 4.79 Å². The Morgan fingerprint density at radius 3 is 2.64 bits per heavy atom. The number of aryl methyl sites for hydroxylation is 1. The Hall–Kier alpha value is -2.82. The molecule has 1 aromatic heterocycles. The Kier molecular flexibility index (Phi) is 6.34. The monoisotopic (exact) mass is 381 g/mol. The van der Waals surface area contributed by atoms with E-state index in [0.717, 1.165) is 24.4 Å². The molecule has 0 aliphatic heterocycles. The highest BCUT2D eigenvalue weighted by molar-refractivity contribution is 6.00. The predicted octanol–water partition coefficient (Wildman–Crippen LogP) is 4.74. The predicted molar refractivity (Wildman–Crippen MR) is 108 cm³/mol. The van der Waals surface area contributed by atoms with Crippen LogP contribution in [0, 0.1) is 13.8 Å². The number of rotatable bonds is 7. The van der Waals surface area contributed by atoms with Crippen molar-refractivity contribution >= 4 is 11.8 Å². The third kappa shape index (κ3) is 4.53. The summed E-state index contributed by atoms with van der Waals surface area (Å²) in [6.07, 6.45) is 8.25. The van der Waals surface area contributed by atoms with Gasteiger partial charge in [0.15, 0.2) is 6.61 Å². The van der Waals surface area contributed by atoms with Crippen LogP contribution in [0.25, 0.3) is 0 Å². The van der Waals surface area contributed by atoms with Gasteiger partial charge in [-0.2, -0.15) is 0 Å². The summed E-state index contributed by atoms with van der Waals surface area (Å²) in [5, 5.41) is 9.72. The highest BCUT2D eigenvalue weighted by Crippen LogP contribution is 2.23. The minimum Gasteiger partial charge on any atom is -0.507 e. The van der Waals surface area contributed by atoms with E-state index in [9.17, 15) is 14.7 Å². The summed E-state index contributed by atoms with van der Waals surface area (Å²) in [5.41, 5.74) is 4.08. The second kappa shape index (κ2) is 8.91. The Labute approximate surface area is 165 Å². The fraction of sp³-hybridized carbons (Fsp3) is 0.391. The summed E-state index contributed by atoms with van der Waals surface area (Å²) in [6, 6.07) is 7.99. The van der Waals surface area contributed by atoms with Gasteiger partial charge < -0.3 is 14.4 Å². The first-order valence-corrected chi connectivity index (χ1v) is 9.80. The molecule has 0 radical (unpaired) electrons. The van der Waals surface area contributed by atoms with Crippen LogP contribution in [-0.2, 0) is 11.3 Å². The molecule has 5 heteroatoms. The largest absolute Gasteiger partial charge is 0.507 e. The maximum absolute atomic E-state index is 12.6. The van der Waals surface area contributed by atoms with Crippen LogP contribution in [0.2, 0.25) is 0 Å². The van der Waals surface area contributed by atoms with Crippen LogP contribution in [0.4, 0.5) is 0 Å². The zero-order chi connectivity index (χ0) is 20.1. The van der Waals surface area contributed by atoms with Crippen molar-refractivity contribution in [3.05, 3.63) is 64.5 Å². The number of hydrogen-bond donors (Lipinski definition) is 1. The van der Waals surface area contributed by atoms with Crippen LogP contribution in [0.15, 0.2) is 42.0 Å². The molecule has 0 fully saturated rings. The lowest BCUT2D eigenvalue weighted by atomic mass is 9.97. The number of carbonyl (C=O) groups excluding carboxylic acids is 2. The van der Waals surface area contributed by atoms with Crippen molar-refractivity contribution in [2.24, 2.45) is 0 Å². The summed E-state index contributed by atoms with van der Waals surface area (Å²) in [7, 11) is 0. The second-order valence-electron chi connectivity index (χ2n) is 7.31. The lowest BCUT2D eigenvalue weighted by molar-refractivity contribution is 0.0471. The third-order valence-electron chi connectivity index (χ3n) is 5.37. The molecule has 3 rings (SSSR count). The molecule has 0 atom stereocenters. The van der Waals surface area contributed by atoms with Crippen molar-refractivity contribution in [2.75, 3.05) is 6.61 Å². The summed E-state index contributed by atoms with van der Waals surface area (Å²) in [5.74, 6) is -1.10. The lowest BCUT2D eigenvalue weighted by Gasteiger charge is -2.15. The van der Waals surface area contributed by atoms with Gasteiger partial charge in [0.1, 0.15) is 11.3 Å². The summed E-state index contributed by atoms with van der Waals surface area (Å²) in [6.45, 7) is 4.43. The number of benzene rings is 1. The van der Waals surface area contributed by atoms with Crippen LogP contribution in [0.5, 0.6) is 5.75 Å². The molecule has 0 spiro atoms. The van der Waals surface area contributed by atoms with Crippen molar-refractivity contribution in [1.29, 1.82) is 0 Å². The number of ketones is 1. The normalized spacial score (nSPS) is 13.9. The molecule has 1 aliphatic carbocycles. The number of phenolic OH excluding ortho intramolecular Hbond substituents is 1. The van der Waals surface area contributed by atoms with Crippen molar-refractivity contribution < 1.29 is 19.4 Å². The number of nitrogens with zero attached hydrogens (tertiary/aromatic N) is 1. The third-order valence-corrected chi connectivity index (χ3v) is 5.37. The Morgan fingerprint density at radius 2 is 1.93 bits per heavy atom. The number of esters is 1. The molecule has 0 unspecified atom stereocenters. The average molecular weight is 381 g/mol. The molecule has 0 amide bonds. The zero-order valence-corrected chi connectivity index (χ0v) is 16.5. The Bertz CT molecular complexity index is 907. The average Bonchev–Trinajstić information content (AvgIpc) is 2.99. The molecule has 0 saturated carbocycles. The van der Waals surface area contributed by atoms with Crippen LogP contribution in [0.1, 0.15) is 64.2 Å². The van der Waals surface area contributed by atoms with Gasteiger partial charge in [0.2, 0.25) is 5.78 Å². The number of Topliss-reactive ketones (excluding diaryl/α,β-unsaturated/α-hetero) is 1. The van der Waals surface area contributed by atoms with Crippen LogP contribution >= 0.6 is 0 Å². The molecule has 1 aliphatic rings. The maximum atomic E-state index is 12.6. The summed E-state index contributed by atoms with van der Waals surface area (Å²) in [4.78, 5) is 24.7. The first-order chi connectivity index (χ1) is 13.5. The van der Waals surface area contributed by atoms with Gasteiger partial charge in [0.05, 0.1) is 0 Å². The zero-order valence-electron chi connectivity index (χ0n) is 16.5. The molecule has 0 saturated heterocycles. The molecular weight excluding hydrogens is 354 g/mol. The highest BCUT2D eigenvalue weighted by Gasteiger charge is 2.19. The number of para-hydroxylation sites is 1.